The van der Waals surface area contributed by atoms with Gasteiger partial charge < -0.3 is 15.2 Å². The summed E-state index contributed by atoms with van der Waals surface area (Å²) in [5, 5.41) is 14.1. The summed E-state index contributed by atoms with van der Waals surface area (Å²) in [6.45, 7) is 0.135. The molecule has 1 amide bonds. The number of benzene rings is 1. The first kappa shape index (κ1) is 19.8. The third-order valence-corrected chi connectivity index (χ3v) is 5.55. The molecule has 1 saturated heterocycles. The molecule has 1 aromatic rings. The SMILES string of the molecule is O=C([O-])C1CCC(C(=O)NCc2cc(C3CC3)ccc2F)N1C1CC1.[Na+]. The second-order valence-electron chi connectivity index (χ2n) is 7.45. The summed E-state index contributed by atoms with van der Waals surface area (Å²) in [6.07, 6.45) is 5.06. The van der Waals surface area contributed by atoms with Crippen LogP contribution in [0.1, 0.15) is 55.6 Å². The van der Waals surface area contributed by atoms with Crippen molar-refractivity contribution in [1.29, 1.82) is 0 Å². The monoisotopic (exact) mass is 368 g/mol. The fraction of sp³-hybridized carbons (Fsp3) is 0.579. The molecular weight excluding hydrogens is 346 g/mol. The van der Waals surface area contributed by atoms with Gasteiger partial charge in [-0.3, -0.25) is 9.69 Å². The maximum Gasteiger partial charge on any atom is 1.00 e. The van der Waals surface area contributed by atoms with Gasteiger partial charge in [0.2, 0.25) is 5.91 Å². The number of carboxylic acid groups (broad SMARTS) is 1. The number of aliphatic carboxylic acids is 1. The van der Waals surface area contributed by atoms with Crippen LogP contribution in [0.3, 0.4) is 0 Å². The van der Waals surface area contributed by atoms with Crippen LogP contribution in [0.2, 0.25) is 0 Å². The third-order valence-electron chi connectivity index (χ3n) is 5.55. The zero-order valence-corrected chi connectivity index (χ0v) is 17.0. The maximum atomic E-state index is 14.0. The van der Waals surface area contributed by atoms with Crippen molar-refractivity contribution in [2.45, 2.75) is 69.1 Å². The normalized spacial score (nSPS) is 25.6. The Morgan fingerprint density at radius 3 is 2.42 bits per heavy atom. The Kier molecular flexibility index (Phi) is 6.07. The molecule has 2 atom stereocenters. The Morgan fingerprint density at radius 1 is 1.12 bits per heavy atom. The minimum atomic E-state index is -1.11. The number of likely N-dealkylation sites (tertiary alicyclic amines) is 1. The van der Waals surface area contributed by atoms with E-state index in [1.165, 1.54) is 6.07 Å². The van der Waals surface area contributed by atoms with Gasteiger partial charge >= 0.3 is 29.6 Å². The van der Waals surface area contributed by atoms with Crippen LogP contribution >= 0.6 is 0 Å². The summed E-state index contributed by atoms with van der Waals surface area (Å²) in [6, 6.07) is 4.14. The largest absolute Gasteiger partial charge is 1.00 e. The van der Waals surface area contributed by atoms with Crippen LogP contribution in [-0.4, -0.2) is 34.9 Å². The van der Waals surface area contributed by atoms with Gasteiger partial charge in [0.05, 0.1) is 18.1 Å². The van der Waals surface area contributed by atoms with Gasteiger partial charge in [0.25, 0.3) is 0 Å². The Hall–Kier alpha value is -0.950. The molecule has 3 fully saturated rings. The van der Waals surface area contributed by atoms with Crippen molar-refractivity contribution in [2.75, 3.05) is 0 Å². The Balaban J connectivity index is 0.00000196. The van der Waals surface area contributed by atoms with Gasteiger partial charge in [-0.05, 0) is 56.1 Å². The molecule has 2 aliphatic carbocycles. The number of nitrogens with one attached hydrogen (secondary N) is 1. The quantitative estimate of drug-likeness (QED) is 0.594. The van der Waals surface area contributed by atoms with E-state index in [0.717, 1.165) is 31.2 Å². The first-order valence-corrected chi connectivity index (χ1v) is 9.09. The van der Waals surface area contributed by atoms with Gasteiger partial charge in [-0.1, -0.05) is 12.1 Å². The van der Waals surface area contributed by atoms with Gasteiger partial charge in [0.15, 0.2) is 0 Å². The predicted molar refractivity (Wildman–Crippen MR) is 86.9 cm³/mol. The molecule has 5 nitrogen and oxygen atoms in total. The summed E-state index contributed by atoms with van der Waals surface area (Å²) in [5.41, 5.74) is 1.62. The third kappa shape index (κ3) is 4.14. The predicted octanol–water partition coefficient (Wildman–Crippen LogP) is -1.93. The fourth-order valence-corrected chi connectivity index (χ4v) is 3.92. The minimum Gasteiger partial charge on any atom is -0.548 e. The van der Waals surface area contributed by atoms with Gasteiger partial charge in [0.1, 0.15) is 5.82 Å². The van der Waals surface area contributed by atoms with E-state index in [0.29, 0.717) is 24.3 Å². The smallest absolute Gasteiger partial charge is 0.548 e. The van der Waals surface area contributed by atoms with Crippen molar-refractivity contribution in [2.24, 2.45) is 0 Å². The van der Waals surface area contributed by atoms with E-state index in [4.69, 9.17) is 0 Å². The number of rotatable bonds is 6. The Morgan fingerprint density at radius 2 is 1.81 bits per heavy atom. The van der Waals surface area contributed by atoms with E-state index in [1.807, 2.05) is 12.1 Å². The van der Waals surface area contributed by atoms with Crippen LogP contribution in [0, 0.1) is 5.82 Å². The summed E-state index contributed by atoms with van der Waals surface area (Å²) in [7, 11) is 0. The number of hydrogen-bond acceptors (Lipinski definition) is 4. The number of amides is 1. The molecule has 2 unspecified atom stereocenters. The van der Waals surface area contributed by atoms with E-state index in [2.05, 4.69) is 5.32 Å². The summed E-state index contributed by atoms with van der Waals surface area (Å²) in [5.74, 6) is -1.11. The van der Waals surface area contributed by atoms with E-state index < -0.39 is 18.1 Å². The molecule has 1 aromatic carbocycles. The van der Waals surface area contributed by atoms with Crippen molar-refractivity contribution in [3.05, 3.63) is 35.1 Å². The molecule has 0 spiro atoms. The Labute approximate surface area is 174 Å². The van der Waals surface area contributed by atoms with Crippen LogP contribution < -0.4 is 40.0 Å². The van der Waals surface area contributed by atoms with Crippen LogP contribution in [0.4, 0.5) is 4.39 Å². The van der Waals surface area contributed by atoms with Crippen molar-refractivity contribution in [3.8, 4) is 0 Å². The number of halogens is 1. The summed E-state index contributed by atoms with van der Waals surface area (Å²) < 4.78 is 14.0. The van der Waals surface area contributed by atoms with E-state index >= 15 is 0 Å². The fourth-order valence-electron chi connectivity index (χ4n) is 3.92. The molecule has 4 rings (SSSR count). The minimum absolute atomic E-state index is 0. The van der Waals surface area contributed by atoms with Gasteiger partial charge in [-0.15, -0.1) is 0 Å². The molecule has 0 bridgehead atoms. The number of carbonyl (C=O) groups excluding carboxylic acids is 2. The second kappa shape index (κ2) is 7.97. The van der Waals surface area contributed by atoms with Gasteiger partial charge in [0, 0.05) is 18.2 Å². The van der Waals surface area contributed by atoms with E-state index in [9.17, 15) is 19.1 Å². The number of nitrogens with zero attached hydrogens (tertiary/aromatic N) is 1. The van der Waals surface area contributed by atoms with Gasteiger partial charge in [-0.2, -0.15) is 0 Å². The summed E-state index contributed by atoms with van der Waals surface area (Å²) in [4.78, 5) is 25.7. The van der Waals surface area contributed by atoms with Crippen molar-refractivity contribution in [3.63, 3.8) is 0 Å². The topological polar surface area (TPSA) is 72.5 Å². The van der Waals surface area contributed by atoms with Crippen LogP contribution in [0.15, 0.2) is 18.2 Å². The molecule has 1 heterocycles. The average Bonchev–Trinajstić information content (AvgIpc) is 3.51. The molecule has 3 aliphatic rings. The number of carbonyl (C=O) groups is 2. The Bertz CT molecular complexity index is 706. The van der Waals surface area contributed by atoms with E-state index in [1.54, 1.807) is 4.90 Å². The van der Waals surface area contributed by atoms with Crippen LogP contribution in [0.5, 0.6) is 0 Å². The molecule has 1 aliphatic heterocycles. The zero-order valence-electron chi connectivity index (χ0n) is 15.0. The molecule has 2 saturated carbocycles. The van der Waals surface area contributed by atoms with Crippen molar-refractivity contribution in [1.82, 2.24) is 10.2 Å². The van der Waals surface area contributed by atoms with E-state index in [-0.39, 0.29) is 53.9 Å². The van der Waals surface area contributed by atoms with Crippen molar-refractivity contribution < 1.29 is 48.6 Å². The molecule has 134 valence electrons. The first-order valence-electron chi connectivity index (χ1n) is 9.09. The molecular formula is C19H22FN2NaO3. The molecule has 26 heavy (non-hydrogen) atoms. The maximum absolute atomic E-state index is 14.0. The molecule has 0 radical (unpaired) electrons. The molecule has 7 heteroatoms. The molecule has 1 N–H and O–H groups in total. The van der Waals surface area contributed by atoms with Crippen LogP contribution in [0.25, 0.3) is 0 Å². The number of carboxylic acids is 1. The first-order chi connectivity index (χ1) is 12.0. The van der Waals surface area contributed by atoms with Gasteiger partial charge in [-0.25, -0.2) is 4.39 Å². The zero-order chi connectivity index (χ0) is 17.6. The van der Waals surface area contributed by atoms with Crippen LogP contribution in [-0.2, 0) is 16.1 Å². The molecule has 0 aromatic heterocycles. The standard InChI is InChI=1S/C19H23FN2O3.Na/c20-15-6-3-12(11-1-2-11)9-13(15)10-21-18(23)16-7-8-17(19(24)25)22(16)14-4-5-14;/h3,6,9,11,14,16-17H,1-2,4-5,7-8,10H2,(H,21,23)(H,24,25);/q;+1/p-1. The average molecular weight is 368 g/mol. The second-order valence-corrected chi connectivity index (χ2v) is 7.45. The number of hydrogen-bond donors (Lipinski definition) is 1. The van der Waals surface area contributed by atoms with Crippen molar-refractivity contribution >= 4 is 11.9 Å². The summed E-state index contributed by atoms with van der Waals surface area (Å²) >= 11 is 0.